The largest absolute Gasteiger partial charge is 0.357 e. The molecule has 0 spiro atoms. The smallest absolute Gasteiger partial charge is 0.193 e. The van der Waals surface area contributed by atoms with E-state index in [4.69, 9.17) is 0 Å². The number of thiazole rings is 1. The van der Waals surface area contributed by atoms with Crippen molar-refractivity contribution in [1.29, 1.82) is 0 Å². The van der Waals surface area contributed by atoms with Crippen LogP contribution in [0.4, 0.5) is 4.39 Å². The zero-order chi connectivity index (χ0) is 18.0. The summed E-state index contributed by atoms with van der Waals surface area (Å²) in [5, 5.41) is 8.72. The number of fused-ring (bicyclic) bond motifs is 1. The summed E-state index contributed by atoms with van der Waals surface area (Å²) in [6.45, 7) is 4.11. The molecular formula is C19H22FN5S. The van der Waals surface area contributed by atoms with Crippen LogP contribution in [-0.2, 0) is 12.0 Å². The Kier molecular flexibility index (Phi) is 4.63. The molecule has 0 aliphatic heterocycles. The second-order valence-corrected chi connectivity index (χ2v) is 7.54. The number of imidazole rings is 1. The van der Waals surface area contributed by atoms with Gasteiger partial charge < -0.3 is 10.6 Å². The van der Waals surface area contributed by atoms with Crippen molar-refractivity contribution in [2.45, 2.75) is 31.7 Å². The zero-order valence-electron chi connectivity index (χ0n) is 14.7. The Morgan fingerprint density at radius 1 is 1.38 bits per heavy atom. The molecule has 0 amide bonds. The highest BCUT2D eigenvalue weighted by molar-refractivity contribution is 7.15. The maximum Gasteiger partial charge on any atom is 0.193 e. The van der Waals surface area contributed by atoms with Crippen molar-refractivity contribution in [2.75, 3.05) is 13.1 Å². The van der Waals surface area contributed by atoms with E-state index in [1.54, 1.807) is 23.5 Å². The Morgan fingerprint density at radius 3 is 3.00 bits per heavy atom. The van der Waals surface area contributed by atoms with Crippen molar-refractivity contribution in [3.8, 4) is 0 Å². The molecule has 0 bridgehead atoms. The molecule has 2 aromatic heterocycles. The first-order chi connectivity index (χ1) is 12.7. The molecule has 4 rings (SSSR count). The van der Waals surface area contributed by atoms with Gasteiger partial charge in [-0.3, -0.25) is 4.40 Å². The van der Waals surface area contributed by atoms with Crippen molar-refractivity contribution in [3.63, 3.8) is 0 Å². The van der Waals surface area contributed by atoms with Gasteiger partial charge in [-0.1, -0.05) is 12.1 Å². The van der Waals surface area contributed by atoms with Crippen LogP contribution in [0.1, 0.15) is 31.0 Å². The number of guanidine groups is 1. The van der Waals surface area contributed by atoms with Gasteiger partial charge in [-0.25, -0.2) is 14.4 Å². The van der Waals surface area contributed by atoms with E-state index in [0.717, 1.165) is 48.1 Å². The summed E-state index contributed by atoms with van der Waals surface area (Å²) in [5.41, 5.74) is 2.03. The second-order valence-electron chi connectivity index (χ2n) is 6.66. The summed E-state index contributed by atoms with van der Waals surface area (Å²) in [6, 6.07) is 6.94. The van der Waals surface area contributed by atoms with Gasteiger partial charge in [0.1, 0.15) is 5.82 Å². The Balaban J connectivity index is 1.42. The molecule has 1 aliphatic carbocycles. The average Bonchev–Trinajstić information content (AvgIpc) is 3.14. The van der Waals surface area contributed by atoms with Gasteiger partial charge in [-0.2, -0.15) is 0 Å². The van der Waals surface area contributed by atoms with E-state index in [0.29, 0.717) is 6.54 Å². The van der Waals surface area contributed by atoms with Crippen LogP contribution < -0.4 is 10.6 Å². The third-order valence-electron chi connectivity index (χ3n) is 4.77. The van der Waals surface area contributed by atoms with Crippen LogP contribution in [0.15, 0.2) is 47.0 Å². The Hall–Kier alpha value is -2.41. The van der Waals surface area contributed by atoms with Crippen molar-refractivity contribution in [3.05, 3.63) is 59.1 Å². The quantitative estimate of drug-likeness (QED) is 0.516. The molecule has 0 unspecified atom stereocenters. The van der Waals surface area contributed by atoms with Gasteiger partial charge in [0.2, 0.25) is 0 Å². The van der Waals surface area contributed by atoms with Crippen LogP contribution in [0.25, 0.3) is 4.96 Å². The Labute approximate surface area is 156 Å². The van der Waals surface area contributed by atoms with Crippen LogP contribution in [0, 0.1) is 5.82 Å². The normalized spacial score (nSPS) is 16.0. The lowest BCUT2D eigenvalue weighted by Gasteiger charge is -2.19. The SMILES string of the molecule is CCNC(=NCc1cn2ccsc2n1)NCC1(c2cccc(F)c2)CC1. The minimum Gasteiger partial charge on any atom is -0.357 e. The zero-order valence-corrected chi connectivity index (χ0v) is 15.5. The number of nitrogens with zero attached hydrogens (tertiary/aromatic N) is 3. The van der Waals surface area contributed by atoms with Crippen molar-refractivity contribution in [2.24, 2.45) is 4.99 Å². The molecule has 1 aliphatic rings. The first-order valence-corrected chi connectivity index (χ1v) is 9.76. The van der Waals surface area contributed by atoms with Gasteiger partial charge in [0.05, 0.1) is 12.2 Å². The van der Waals surface area contributed by atoms with Gasteiger partial charge in [-0.15, -0.1) is 11.3 Å². The monoisotopic (exact) mass is 371 g/mol. The lowest BCUT2D eigenvalue weighted by molar-refractivity contribution is 0.607. The van der Waals surface area contributed by atoms with Crippen molar-refractivity contribution in [1.82, 2.24) is 20.0 Å². The number of hydrogen-bond donors (Lipinski definition) is 2. The van der Waals surface area contributed by atoms with E-state index in [1.807, 2.05) is 35.2 Å². The van der Waals surface area contributed by atoms with Crippen molar-refractivity contribution >= 4 is 22.3 Å². The molecule has 1 aromatic carbocycles. The number of aromatic nitrogens is 2. The fraction of sp³-hybridized carbons (Fsp3) is 0.368. The standard InChI is InChI=1S/C19H22FN5S/c1-2-21-17(22-11-16-12-25-8-9-26-18(25)24-16)23-13-19(6-7-19)14-4-3-5-15(20)10-14/h3-5,8-10,12H,2,6-7,11,13H2,1H3,(H2,21,22,23). The van der Waals surface area contributed by atoms with Crippen LogP contribution in [0.5, 0.6) is 0 Å². The topological polar surface area (TPSA) is 53.7 Å². The van der Waals surface area contributed by atoms with Crippen LogP contribution >= 0.6 is 11.3 Å². The number of rotatable bonds is 6. The Morgan fingerprint density at radius 2 is 2.27 bits per heavy atom. The summed E-state index contributed by atoms with van der Waals surface area (Å²) in [5.74, 6) is 0.598. The molecule has 0 saturated heterocycles. The summed E-state index contributed by atoms with van der Waals surface area (Å²) in [7, 11) is 0. The third-order valence-corrected chi connectivity index (χ3v) is 5.54. The van der Waals surface area contributed by atoms with E-state index in [-0.39, 0.29) is 11.2 Å². The van der Waals surface area contributed by atoms with Gasteiger partial charge in [0.15, 0.2) is 10.9 Å². The average molecular weight is 371 g/mol. The lowest BCUT2D eigenvalue weighted by Crippen LogP contribution is -2.41. The molecule has 26 heavy (non-hydrogen) atoms. The molecule has 2 heterocycles. The number of benzene rings is 1. The molecule has 0 radical (unpaired) electrons. The molecule has 0 atom stereocenters. The number of halogens is 1. The van der Waals surface area contributed by atoms with Gasteiger partial charge in [0, 0.05) is 36.3 Å². The summed E-state index contributed by atoms with van der Waals surface area (Å²) in [6.07, 6.45) is 6.15. The molecule has 136 valence electrons. The van der Waals surface area contributed by atoms with Gasteiger partial charge in [0.25, 0.3) is 0 Å². The number of hydrogen-bond acceptors (Lipinski definition) is 3. The Bertz CT molecular complexity index is 896. The maximum atomic E-state index is 13.6. The minimum atomic E-state index is -0.172. The summed E-state index contributed by atoms with van der Waals surface area (Å²) >= 11 is 1.61. The van der Waals surface area contributed by atoms with Crippen LogP contribution in [0.3, 0.4) is 0 Å². The fourth-order valence-electron chi connectivity index (χ4n) is 3.14. The maximum absolute atomic E-state index is 13.6. The molecular weight excluding hydrogens is 349 g/mol. The predicted molar refractivity (Wildman–Crippen MR) is 103 cm³/mol. The molecule has 1 fully saturated rings. The minimum absolute atomic E-state index is 0.0231. The van der Waals surface area contributed by atoms with E-state index in [1.165, 1.54) is 6.07 Å². The van der Waals surface area contributed by atoms with E-state index in [2.05, 4.69) is 20.6 Å². The van der Waals surface area contributed by atoms with Crippen LogP contribution in [-0.4, -0.2) is 28.4 Å². The third kappa shape index (κ3) is 3.58. The van der Waals surface area contributed by atoms with Gasteiger partial charge >= 0.3 is 0 Å². The highest BCUT2D eigenvalue weighted by Crippen LogP contribution is 2.47. The first kappa shape index (κ1) is 17.0. The van der Waals surface area contributed by atoms with Crippen LogP contribution in [0.2, 0.25) is 0 Å². The lowest BCUT2D eigenvalue weighted by atomic mass is 9.96. The van der Waals surface area contributed by atoms with E-state index in [9.17, 15) is 4.39 Å². The van der Waals surface area contributed by atoms with Gasteiger partial charge in [-0.05, 0) is 37.5 Å². The predicted octanol–water partition coefficient (Wildman–Crippen LogP) is 3.32. The molecule has 7 heteroatoms. The van der Waals surface area contributed by atoms with E-state index >= 15 is 0 Å². The molecule has 3 aromatic rings. The van der Waals surface area contributed by atoms with Crippen molar-refractivity contribution < 1.29 is 4.39 Å². The number of nitrogens with one attached hydrogen (secondary N) is 2. The fourth-order valence-corrected chi connectivity index (χ4v) is 3.86. The number of aliphatic imine (C=N–C) groups is 1. The molecule has 2 N–H and O–H groups in total. The van der Waals surface area contributed by atoms with E-state index < -0.39 is 0 Å². The molecule has 1 saturated carbocycles. The second kappa shape index (κ2) is 7.07. The first-order valence-electron chi connectivity index (χ1n) is 8.88. The molecule has 5 nitrogen and oxygen atoms in total. The highest BCUT2D eigenvalue weighted by atomic mass is 32.1. The summed E-state index contributed by atoms with van der Waals surface area (Å²) in [4.78, 5) is 10.2. The highest BCUT2D eigenvalue weighted by Gasteiger charge is 2.44. The summed E-state index contributed by atoms with van der Waals surface area (Å²) < 4.78 is 15.6.